The first-order valence-electron chi connectivity index (χ1n) is 10.4. The molecular weight excluding hydrogens is 420 g/mol. The molecule has 2 heterocycles. The van der Waals surface area contributed by atoms with Gasteiger partial charge >= 0.3 is 0 Å². The summed E-state index contributed by atoms with van der Waals surface area (Å²) in [7, 11) is 0. The molecule has 0 radical (unpaired) electrons. The average molecular weight is 446 g/mol. The Hall–Kier alpha value is -2.45. The second-order valence-corrected chi connectivity index (χ2v) is 9.08. The molecule has 2 atom stereocenters. The second kappa shape index (κ2) is 8.59. The van der Waals surface area contributed by atoms with Crippen LogP contribution in [0, 0.1) is 24.5 Å². The zero-order chi connectivity index (χ0) is 22.2. The van der Waals surface area contributed by atoms with E-state index < -0.39 is 16.5 Å². The first-order valence-corrected chi connectivity index (χ1v) is 11.2. The zero-order valence-corrected chi connectivity index (χ0v) is 18.3. The Bertz CT molecular complexity index is 1050. The Morgan fingerprint density at radius 3 is 2.87 bits per heavy atom. The zero-order valence-electron chi connectivity index (χ0n) is 17.5. The van der Waals surface area contributed by atoms with Gasteiger partial charge in [0.2, 0.25) is 5.91 Å². The number of benzene rings is 2. The van der Waals surface area contributed by atoms with Crippen LogP contribution in [0.25, 0.3) is 0 Å². The standard InChI is InChI=1S/C23H25F2N3O2S/c1-3-4-21(29)28-23(31-22(27-28)17-11-14(2)5-7-19(17)25)15(9-10-26)13-30-20-8-6-16(24)12-18(20)23/h5-8,11-12,15H,3-4,9-10,13,26H2,1-2H3/t15-,23+/m0/s1. The predicted molar refractivity (Wildman–Crippen MR) is 118 cm³/mol. The minimum Gasteiger partial charge on any atom is -0.493 e. The van der Waals surface area contributed by atoms with Gasteiger partial charge in [-0.1, -0.05) is 30.3 Å². The van der Waals surface area contributed by atoms with Crippen molar-refractivity contribution in [3.63, 3.8) is 0 Å². The SMILES string of the molecule is CCCC(=O)N1N=C(c2cc(C)ccc2F)S[C@]12c1cc(F)ccc1OC[C@@H]2CCN. The molecule has 0 saturated heterocycles. The van der Waals surface area contributed by atoms with E-state index >= 15 is 0 Å². The van der Waals surface area contributed by atoms with Crippen molar-refractivity contribution in [2.45, 2.75) is 38.0 Å². The molecule has 2 aromatic carbocycles. The number of amides is 1. The summed E-state index contributed by atoms with van der Waals surface area (Å²) in [5.74, 6) is -0.797. The molecule has 5 nitrogen and oxygen atoms in total. The van der Waals surface area contributed by atoms with Gasteiger partial charge in [0.1, 0.15) is 22.4 Å². The van der Waals surface area contributed by atoms with Gasteiger partial charge in [0.25, 0.3) is 0 Å². The van der Waals surface area contributed by atoms with Crippen molar-refractivity contribution < 1.29 is 18.3 Å². The molecule has 2 aromatic rings. The van der Waals surface area contributed by atoms with E-state index in [2.05, 4.69) is 5.10 Å². The maximum atomic E-state index is 14.8. The van der Waals surface area contributed by atoms with Gasteiger partial charge in [-0.2, -0.15) is 5.10 Å². The Morgan fingerprint density at radius 2 is 2.13 bits per heavy atom. The van der Waals surface area contributed by atoms with Crippen molar-refractivity contribution in [3.8, 4) is 5.75 Å². The Kier molecular flexibility index (Phi) is 6.03. The molecule has 164 valence electrons. The summed E-state index contributed by atoms with van der Waals surface area (Å²) in [6.45, 7) is 4.45. The summed E-state index contributed by atoms with van der Waals surface area (Å²) < 4.78 is 35.0. The smallest absolute Gasteiger partial charge is 0.244 e. The summed E-state index contributed by atoms with van der Waals surface area (Å²) in [6.07, 6.45) is 1.45. The van der Waals surface area contributed by atoms with Crippen LogP contribution >= 0.6 is 11.8 Å². The molecular formula is C23H25F2N3O2S. The van der Waals surface area contributed by atoms with E-state index in [1.165, 1.54) is 35.0 Å². The lowest BCUT2D eigenvalue weighted by Gasteiger charge is -2.45. The Morgan fingerprint density at radius 1 is 1.32 bits per heavy atom. The number of halogens is 2. The highest BCUT2D eigenvalue weighted by Gasteiger charge is 2.57. The van der Waals surface area contributed by atoms with E-state index in [0.29, 0.717) is 47.9 Å². The Balaban J connectivity index is 1.92. The summed E-state index contributed by atoms with van der Waals surface area (Å²) >= 11 is 1.28. The number of nitrogens with zero attached hydrogens (tertiary/aromatic N) is 2. The fraction of sp³-hybridized carbons (Fsp3) is 0.391. The summed E-state index contributed by atoms with van der Waals surface area (Å²) in [5, 5.41) is 6.44. The molecule has 2 aliphatic heterocycles. The molecule has 0 bridgehead atoms. The molecule has 0 fully saturated rings. The third-order valence-electron chi connectivity index (χ3n) is 5.65. The molecule has 0 unspecified atom stereocenters. The van der Waals surface area contributed by atoms with Crippen molar-refractivity contribution in [1.82, 2.24) is 5.01 Å². The molecule has 4 rings (SSSR count). The minimum absolute atomic E-state index is 0.197. The van der Waals surface area contributed by atoms with Crippen LogP contribution in [-0.4, -0.2) is 29.1 Å². The van der Waals surface area contributed by atoms with E-state index in [9.17, 15) is 13.6 Å². The van der Waals surface area contributed by atoms with E-state index in [-0.39, 0.29) is 18.2 Å². The lowest BCUT2D eigenvalue weighted by Crippen LogP contribution is -2.51. The molecule has 0 aromatic heterocycles. The first kappa shape index (κ1) is 21.8. The highest BCUT2D eigenvalue weighted by Crippen LogP contribution is 2.57. The van der Waals surface area contributed by atoms with Crippen LogP contribution in [0.5, 0.6) is 5.75 Å². The maximum absolute atomic E-state index is 14.8. The van der Waals surface area contributed by atoms with Gasteiger partial charge in [-0.05, 0) is 56.6 Å². The van der Waals surface area contributed by atoms with Crippen molar-refractivity contribution in [1.29, 1.82) is 0 Å². The molecule has 1 amide bonds. The van der Waals surface area contributed by atoms with Gasteiger partial charge in [-0.3, -0.25) is 4.79 Å². The van der Waals surface area contributed by atoms with Gasteiger partial charge in [0.15, 0.2) is 4.87 Å². The lowest BCUT2D eigenvalue weighted by molar-refractivity contribution is -0.137. The van der Waals surface area contributed by atoms with Crippen molar-refractivity contribution in [2.24, 2.45) is 16.8 Å². The van der Waals surface area contributed by atoms with Crippen molar-refractivity contribution in [3.05, 3.63) is 64.7 Å². The van der Waals surface area contributed by atoms with Gasteiger partial charge in [0.05, 0.1) is 6.61 Å². The predicted octanol–water partition coefficient (Wildman–Crippen LogP) is 4.52. The molecule has 8 heteroatoms. The lowest BCUT2D eigenvalue weighted by atomic mass is 9.86. The first-order chi connectivity index (χ1) is 14.9. The largest absolute Gasteiger partial charge is 0.493 e. The topological polar surface area (TPSA) is 67.9 Å². The molecule has 1 spiro atoms. The number of carbonyl (C=O) groups excluding carboxylic acids is 1. The third kappa shape index (κ3) is 3.72. The van der Waals surface area contributed by atoms with Crippen molar-refractivity contribution in [2.75, 3.05) is 13.2 Å². The number of carbonyl (C=O) groups is 1. The van der Waals surface area contributed by atoms with Crippen LogP contribution in [0.1, 0.15) is 42.9 Å². The highest BCUT2D eigenvalue weighted by atomic mass is 32.2. The van der Waals surface area contributed by atoms with Crippen LogP contribution in [0.15, 0.2) is 41.5 Å². The molecule has 0 aliphatic carbocycles. The molecule has 2 N–H and O–H groups in total. The fourth-order valence-electron chi connectivity index (χ4n) is 4.19. The number of hydrazone groups is 1. The number of ether oxygens (including phenoxy) is 1. The highest BCUT2D eigenvalue weighted by molar-refractivity contribution is 8.15. The number of nitrogens with two attached hydrogens (primary N) is 1. The van der Waals surface area contributed by atoms with Gasteiger partial charge in [-0.25, -0.2) is 13.8 Å². The average Bonchev–Trinajstić information content (AvgIpc) is 3.14. The number of hydrogen-bond donors (Lipinski definition) is 1. The van der Waals surface area contributed by atoms with Crippen LogP contribution < -0.4 is 10.5 Å². The monoisotopic (exact) mass is 445 g/mol. The van der Waals surface area contributed by atoms with Gasteiger partial charge in [-0.15, -0.1) is 0 Å². The van der Waals surface area contributed by atoms with E-state index in [1.807, 2.05) is 13.8 Å². The quantitative estimate of drug-likeness (QED) is 0.735. The van der Waals surface area contributed by atoms with Gasteiger partial charge < -0.3 is 10.5 Å². The maximum Gasteiger partial charge on any atom is 0.244 e. The normalized spacial score (nSPS) is 22.3. The van der Waals surface area contributed by atoms with Crippen LogP contribution in [0.2, 0.25) is 0 Å². The Labute approximate surface area is 184 Å². The third-order valence-corrected chi connectivity index (χ3v) is 7.18. The molecule has 0 saturated carbocycles. The summed E-state index contributed by atoms with van der Waals surface area (Å²) in [5.41, 5.74) is 7.62. The number of rotatable bonds is 5. The number of hydrogen-bond acceptors (Lipinski definition) is 5. The van der Waals surface area contributed by atoms with Crippen LogP contribution in [-0.2, 0) is 9.67 Å². The van der Waals surface area contributed by atoms with Crippen LogP contribution in [0.3, 0.4) is 0 Å². The number of thioether (sulfide) groups is 1. The summed E-state index contributed by atoms with van der Waals surface area (Å²) in [4.78, 5) is 12.2. The molecule has 31 heavy (non-hydrogen) atoms. The van der Waals surface area contributed by atoms with Crippen molar-refractivity contribution >= 4 is 22.7 Å². The molecule has 2 aliphatic rings. The summed E-state index contributed by atoms with van der Waals surface area (Å²) in [6, 6.07) is 9.08. The second-order valence-electron chi connectivity index (χ2n) is 7.87. The number of aryl methyl sites for hydroxylation is 1. The fourth-order valence-corrected chi connectivity index (χ4v) is 5.72. The van der Waals surface area contributed by atoms with E-state index in [1.54, 1.807) is 18.2 Å². The number of fused-ring (bicyclic) bond motifs is 2. The minimum atomic E-state index is -1.05. The van der Waals surface area contributed by atoms with E-state index in [0.717, 1.165) is 5.56 Å². The van der Waals surface area contributed by atoms with E-state index in [4.69, 9.17) is 10.5 Å². The van der Waals surface area contributed by atoms with Crippen LogP contribution in [0.4, 0.5) is 8.78 Å². The van der Waals surface area contributed by atoms with Gasteiger partial charge in [0, 0.05) is 23.5 Å².